The van der Waals surface area contributed by atoms with Crippen LogP contribution >= 0.6 is 0 Å². The van der Waals surface area contributed by atoms with Crippen LogP contribution in [0, 0.1) is 0 Å². The monoisotopic (exact) mass is 274 g/mol. The van der Waals surface area contributed by atoms with Crippen LogP contribution < -0.4 is 0 Å². The normalized spacial score (nSPS) is 21.1. The van der Waals surface area contributed by atoms with Gasteiger partial charge in [0.25, 0.3) is 0 Å². The van der Waals surface area contributed by atoms with Crippen LogP contribution in [0.1, 0.15) is 82.3 Å². The molecule has 2 rings (SSSR count). The third kappa shape index (κ3) is 4.09. The second kappa shape index (κ2) is 7.83. The van der Waals surface area contributed by atoms with Crippen molar-refractivity contribution in [2.75, 3.05) is 0 Å². The summed E-state index contributed by atoms with van der Waals surface area (Å²) < 4.78 is 0. The van der Waals surface area contributed by atoms with E-state index in [1.165, 1.54) is 62.5 Å². The number of rotatable bonds is 9. The summed E-state index contributed by atoms with van der Waals surface area (Å²) in [6, 6.07) is 8.43. The zero-order valence-electron chi connectivity index (χ0n) is 13.0. The molecule has 0 fully saturated rings. The first kappa shape index (κ1) is 15.6. The lowest BCUT2D eigenvalue weighted by Crippen LogP contribution is -2.21. The lowest BCUT2D eigenvalue weighted by atomic mass is 9.90. The Hall–Kier alpha value is -0.820. The fourth-order valence-corrected chi connectivity index (χ4v) is 3.48. The molecule has 0 bridgehead atoms. The number of hydrogen-bond donors (Lipinski definition) is 1. The van der Waals surface area contributed by atoms with Crippen LogP contribution in [0.15, 0.2) is 24.3 Å². The van der Waals surface area contributed by atoms with Gasteiger partial charge in [-0.1, -0.05) is 82.6 Å². The van der Waals surface area contributed by atoms with Crippen LogP contribution in [0.2, 0.25) is 0 Å². The highest BCUT2D eigenvalue weighted by Crippen LogP contribution is 2.40. The van der Waals surface area contributed by atoms with E-state index in [0.29, 0.717) is 0 Å². The summed E-state index contributed by atoms with van der Waals surface area (Å²) >= 11 is 0. The van der Waals surface area contributed by atoms with Crippen molar-refractivity contribution in [1.29, 1.82) is 0 Å². The number of aryl methyl sites for hydroxylation is 1. The minimum Gasteiger partial charge on any atom is -0.385 e. The van der Waals surface area contributed by atoms with E-state index in [-0.39, 0.29) is 0 Å². The van der Waals surface area contributed by atoms with Gasteiger partial charge in [-0.2, -0.15) is 0 Å². The number of benzene rings is 1. The number of unbranched alkanes of at least 4 members (excludes halogenated alkanes) is 7. The zero-order chi connectivity index (χ0) is 14.3. The molecule has 1 unspecified atom stereocenters. The second-order valence-corrected chi connectivity index (χ2v) is 6.41. The highest BCUT2D eigenvalue weighted by molar-refractivity contribution is 5.36. The van der Waals surface area contributed by atoms with Crippen molar-refractivity contribution in [2.24, 2.45) is 0 Å². The zero-order valence-corrected chi connectivity index (χ0v) is 13.0. The van der Waals surface area contributed by atoms with Gasteiger partial charge in [-0.15, -0.1) is 0 Å². The maximum atomic E-state index is 10.8. The fraction of sp³-hybridized carbons (Fsp3) is 0.684. The van der Waals surface area contributed by atoms with Gasteiger partial charge < -0.3 is 5.11 Å². The Morgan fingerprint density at radius 1 is 0.950 bits per heavy atom. The Morgan fingerprint density at radius 3 is 2.35 bits per heavy atom. The number of aliphatic hydroxyl groups is 1. The van der Waals surface area contributed by atoms with Crippen LogP contribution in [0.4, 0.5) is 0 Å². The molecule has 0 saturated carbocycles. The van der Waals surface area contributed by atoms with Crippen LogP contribution in [0.3, 0.4) is 0 Å². The predicted octanol–water partition coefficient (Wildman–Crippen LogP) is 5.35. The molecule has 0 radical (unpaired) electrons. The molecule has 1 N–H and O–H groups in total. The van der Waals surface area contributed by atoms with E-state index in [9.17, 15) is 5.11 Å². The molecule has 112 valence electrons. The van der Waals surface area contributed by atoms with Crippen molar-refractivity contribution in [1.82, 2.24) is 0 Å². The first-order valence-corrected chi connectivity index (χ1v) is 8.57. The number of fused-ring (bicyclic) bond motifs is 1. The molecule has 0 saturated heterocycles. The van der Waals surface area contributed by atoms with E-state index in [1.54, 1.807) is 0 Å². The predicted molar refractivity (Wildman–Crippen MR) is 85.9 cm³/mol. The third-order valence-corrected chi connectivity index (χ3v) is 4.77. The van der Waals surface area contributed by atoms with Crippen LogP contribution in [0.25, 0.3) is 0 Å². The van der Waals surface area contributed by atoms with E-state index in [4.69, 9.17) is 0 Å². The summed E-state index contributed by atoms with van der Waals surface area (Å²) in [7, 11) is 0. The smallest absolute Gasteiger partial charge is 0.0902 e. The highest BCUT2D eigenvalue weighted by atomic mass is 16.3. The van der Waals surface area contributed by atoms with Gasteiger partial charge in [-0.25, -0.2) is 0 Å². The molecule has 1 aliphatic carbocycles. The molecule has 0 heterocycles. The largest absolute Gasteiger partial charge is 0.385 e. The van der Waals surface area contributed by atoms with Crippen molar-refractivity contribution in [3.8, 4) is 0 Å². The Balaban J connectivity index is 1.65. The standard InChI is InChI=1S/C19H30O/c1-2-3-4-5-6-7-8-11-15-19(20)16-14-17-12-9-10-13-18(17)19/h9-10,12-13,20H,2-8,11,14-16H2,1H3. The van der Waals surface area contributed by atoms with Crippen molar-refractivity contribution in [3.05, 3.63) is 35.4 Å². The summed E-state index contributed by atoms with van der Waals surface area (Å²) in [6.45, 7) is 2.26. The first-order chi connectivity index (χ1) is 9.76. The summed E-state index contributed by atoms with van der Waals surface area (Å²) in [5.41, 5.74) is 2.02. The van der Waals surface area contributed by atoms with Crippen molar-refractivity contribution < 1.29 is 5.11 Å². The average molecular weight is 274 g/mol. The fourth-order valence-electron chi connectivity index (χ4n) is 3.48. The summed E-state index contributed by atoms with van der Waals surface area (Å²) in [5.74, 6) is 0. The molecule has 1 aromatic carbocycles. The first-order valence-electron chi connectivity index (χ1n) is 8.57. The average Bonchev–Trinajstić information content (AvgIpc) is 2.80. The van der Waals surface area contributed by atoms with Gasteiger partial charge in [0.2, 0.25) is 0 Å². The molecule has 1 nitrogen and oxygen atoms in total. The van der Waals surface area contributed by atoms with Gasteiger partial charge in [-0.05, 0) is 30.4 Å². The Labute approximate surface area is 124 Å². The molecule has 0 aromatic heterocycles. The van der Waals surface area contributed by atoms with E-state index in [0.717, 1.165) is 19.3 Å². The molecule has 1 aromatic rings. The van der Waals surface area contributed by atoms with Gasteiger partial charge in [-0.3, -0.25) is 0 Å². The van der Waals surface area contributed by atoms with Gasteiger partial charge in [0.05, 0.1) is 5.60 Å². The van der Waals surface area contributed by atoms with Crippen LogP contribution in [-0.4, -0.2) is 5.11 Å². The van der Waals surface area contributed by atoms with Gasteiger partial charge >= 0.3 is 0 Å². The topological polar surface area (TPSA) is 20.2 Å². The van der Waals surface area contributed by atoms with Gasteiger partial charge in [0.15, 0.2) is 0 Å². The molecule has 1 atom stereocenters. The molecule has 0 aliphatic heterocycles. The number of hydrogen-bond acceptors (Lipinski definition) is 1. The Morgan fingerprint density at radius 2 is 1.60 bits per heavy atom. The molecule has 1 heteroatoms. The van der Waals surface area contributed by atoms with E-state index in [2.05, 4.69) is 31.2 Å². The van der Waals surface area contributed by atoms with Crippen molar-refractivity contribution in [3.63, 3.8) is 0 Å². The lowest BCUT2D eigenvalue weighted by molar-refractivity contribution is 0.0267. The van der Waals surface area contributed by atoms with E-state index in [1.807, 2.05) is 0 Å². The van der Waals surface area contributed by atoms with Crippen molar-refractivity contribution in [2.45, 2.75) is 83.2 Å². The summed E-state index contributed by atoms with van der Waals surface area (Å²) in [5, 5.41) is 10.8. The second-order valence-electron chi connectivity index (χ2n) is 6.41. The molecule has 0 amide bonds. The molecular weight excluding hydrogens is 244 g/mol. The minimum atomic E-state index is -0.529. The Bertz CT molecular complexity index is 399. The summed E-state index contributed by atoms with van der Waals surface area (Å²) in [4.78, 5) is 0. The SMILES string of the molecule is CCCCCCCCCCC1(O)CCc2ccccc21. The summed E-state index contributed by atoms with van der Waals surface area (Å²) in [6.07, 6.45) is 13.6. The minimum absolute atomic E-state index is 0.529. The Kier molecular flexibility index (Phi) is 6.09. The van der Waals surface area contributed by atoms with Gasteiger partial charge in [0.1, 0.15) is 0 Å². The van der Waals surface area contributed by atoms with Crippen LogP contribution in [-0.2, 0) is 12.0 Å². The highest BCUT2D eigenvalue weighted by Gasteiger charge is 2.35. The quantitative estimate of drug-likeness (QED) is 0.602. The van der Waals surface area contributed by atoms with Gasteiger partial charge in [0, 0.05) is 0 Å². The molecule has 20 heavy (non-hydrogen) atoms. The lowest BCUT2D eigenvalue weighted by Gasteiger charge is -2.24. The molecule has 0 spiro atoms. The maximum Gasteiger partial charge on any atom is 0.0902 e. The van der Waals surface area contributed by atoms with E-state index < -0.39 is 5.60 Å². The molecular formula is C19H30O. The van der Waals surface area contributed by atoms with E-state index >= 15 is 0 Å². The van der Waals surface area contributed by atoms with Crippen LogP contribution in [0.5, 0.6) is 0 Å². The third-order valence-electron chi connectivity index (χ3n) is 4.77. The molecule has 1 aliphatic rings. The van der Waals surface area contributed by atoms with Crippen molar-refractivity contribution >= 4 is 0 Å². The maximum absolute atomic E-state index is 10.8.